The van der Waals surface area contributed by atoms with Crippen LogP contribution in [-0.2, 0) is 16.1 Å². The van der Waals surface area contributed by atoms with E-state index in [1.807, 2.05) is 0 Å². The second kappa shape index (κ2) is 9.56. The number of nitrogens with zero attached hydrogens (tertiary/aromatic N) is 2. The lowest BCUT2D eigenvalue weighted by Crippen LogP contribution is -2.30. The number of imide groups is 1. The molecule has 0 fully saturated rings. The van der Waals surface area contributed by atoms with Gasteiger partial charge in [0.2, 0.25) is 0 Å². The van der Waals surface area contributed by atoms with Gasteiger partial charge in [-0.05, 0) is 42.8 Å². The molecule has 3 amide bonds. The molecule has 0 aromatic heterocycles. The largest absolute Gasteiger partial charge is 0.449 e. The van der Waals surface area contributed by atoms with Gasteiger partial charge in [0.15, 0.2) is 6.10 Å². The van der Waals surface area contributed by atoms with E-state index in [9.17, 15) is 29.3 Å². The van der Waals surface area contributed by atoms with Crippen LogP contribution in [0.25, 0.3) is 0 Å². The molecule has 1 N–H and O–H groups in total. The van der Waals surface area contributed by atoms with Crippen LogP contribution in [-0.4, -0.2) is 39.6 Å². The van der Waals surface area contributed by atoms with Crippen molar-refractivity contribution in [3.63, 3.8) is 0 Å². The Labute approximate surface area is 199 Å². The molecule has 4 rings (SSSR count). The SMILES string of the molecule is CC(OC(=O)c1ccc(CN2C(=O)c3ccccc3C2=O)cc1)C(=O)Nc1cccc([N+](=O)[O-])c1. The molecule has 35 heavy (non-hydrogen) atoms. The number of anilines is 1. The topological polar surface area (TPSA) is 136 Å². The molecule has 1 aliphatic rings. The number of nitrogens with one attached hydrogen (secondary N) is 1. The number of hydrogen-bond donors (Lipinski definition) is 1. The number of rotatable bonds is 7. The van der Waals surface area contributed by atoms with Gasteiger partial charge in [-0.3, -0.25) is 29.4 Å². The summed E-state index contributed by atoms with van der Waals surface area (Å²) in [6.07, 6.45) is -1.17. The van der Waals surface area contributed by atoms with Crippen LogP contribution < -0.4 is 5.32 Å². The first-order valence-corrected chi connectivity index (χ1v) is 10.5. The van der Waals surface area contributed by atoms with E-state index < -0.39 is 22.9 Å². The molecule has 1 heterocycles. The summed E-state index contributed by atoms with van der Waals surface area (Å²) in [5.41, 5.74) is 1.53. The van der Waals surface area contributed by atoms with Crippen molar-refractivity contribution in [1.82, 2.24) is 4.90 Å². The molecule has 0 bridgehead atoms. The molecule has 0 radical (unpaired) electrons. The van der Waals surface area contributed by atoms with Crippen molar-refractivity contribution in [3.05, 3.63) is 105 Å². The smallest absolute Gasteiger partial charge is 0.338 e. The van der Waals surface area contributed by atoms with Gasteiger partial charge in [0, 0.05) is 17.8 Å². The zero-order chi connectivity index (χ0) is 25.1. The fourth-order valence-corrected chi connectivity index (χ4v) is 3.53. The molecule has 0 saturated carbocycles. The minimum atomic E-state index is -1.17. The molecule has 1 unspecified atom stereocenters. The number of fused-ring (bicyclic) bond motifs is 1. The standard InChI is InChI=1S/C25H19N3O7/c1-15(22(29)26-18-5-4-6-19(13-18)28(33)34)35-25(32)17-11-9-16(10-12-17)14-27-23(30)20-7-2-3-8-21(20)24(27)31/h2-13,15H,14H2,1H3,(H,26,29). The van der Waals surface area contributed by atoms with Crippen molar-refractivity contribution in [3.8, 4) is 0 Å². The Morgan fingerprint density at radius 1 is 0.971 bits per heavy atom. The van der Waals surface area contributed by atoms with Gasteiger partial charge in [-0.15, -0.1) is 0 Å². The predicted octanol–water partition coefficient (Wildman–Crippen LogP) is 3.58. The second-order valence-corrected chi connectivity index (χ2v) is 7.78. The third-order valence-corrected chi connectivity index (χ3v) is 5.39. The number of nitro groups is 1. The van der Waals surface area contributed by atoms with E-state index in [0.717, 1.165) is 4.90 Å². The van der Waals surface area contributed by atoms with Crippen molar-refractivity contribution in [2.75, 3.05) is 5.32 Å². The summed E-state index contributed by atoms with van der Waals surface area (Å²) in [5, 5.41) is 13.3. The van der Waals surface area contributed by atoms with Gasteiger partial charge in [0.05, 0.1) is 28.2 Å². The zero-order valence-electron chi connectivity index (χ0n) is 18.5. The summed E-state index contributed by atoms with van der Waals surface area (Å²) in [6, 6.07) is 18.1. The Bertz CT molecular complexity index is 1320. The maximum atomic E-state index is 12.5. The van der Waals surface area contributed by atoms with Gasteiger partial charge < -0.3 is 10.1 Å². The highest BCUT2D eigenvalue weighted by atomic mass is 16.6. The summed E-state index contributed by atoms with van der Waals surface area (Å²) >= 11 is 0. The normalized spacial score (nSPS) is 13.2. The first-order valence-electron chi connectivity index (χ1n) is 10.5. The highest BCUT2D eigenvalue weighted by Gasteiger charge is 2.35. The fourth-order valence-electron chi connectivity index (χ4n) is 3.53. The lowest BCUT2D eigenvalue weighted by Gasteiger charge is -2.15. The third kappa shape index (κ3) is 4.91. The maximum absolute atomic E-state index is 12.5. The quantitative estimate of drug-likeness (QED) is 0.240. The van der Waals surface area contributed by atoms with Crippen LogP contribution in [0, 0.1) is 10.1 Å². The molecule has 176 valence electrons. The highest BCUT2D eigenvalue weighted by molar-refractivity contribution is 6.21. The number of hydrogen-bond acceptors (Lipinski definition) is 7. The van der Waals surface area contributed by atoms with Crippen LogP contribution in [0.1, 0.15) is 43.6 Å². The second-order valence-electron chi connectivity index (χ2n) is 7.78. The van der Waals surface area contributed by atoms with E-state index in [2.05, 4.69) is 5.32 Å². The van der Waals surface area contributed by atoms with E-state index in [1.54, 1.807) is 36.4 Å². The van der Waals surface area contributed by atoms with Crippen LogP contribution in [0.2, 0.25) is 0 Å². The average molecular weight is 473 g/mol. The number of carbonyl (C=O) groups is 4. The zero-order valence-corrected chi connectivity index (χ0v) is 18.5. The van der Waals surface area contributed by atoms with Crippen LogP contribution >= 0.6 is 0 Å². The molecule has 3 aromatic rings. The summed E-state index contributed by atoms with van der Waals surface area (Å²) < 4.78 is 5.19. The molecule has 0 spiro atoms. The summed E-state index contributed by atoms with van der Waals surface area (Å²) in [4.78, 5) is 61.2. The fraction of sp³-hybridized carbons (Fsp3) is 0.120. The molecule has 1 aliphatic heterocycles. The number of carbonyl (C=O) groups excluding carboxylic acids is 4. The summed E-state index contributed by atoms with van der Waals surface area (Å²) in [5.74, 6) is -2.16. The van der Waals surface area contributed by atoms with Crippen molar-refractivity contribution < 1.29 is 28.8 Å². The first kappa shape index (κ1) is 23.3. The number of esters is 1. The molecule has 0 saturated heterocycles. The maximum Gasteiger partial charge on any atom is 0.338 e. The minimum absolute atomic E-state index is 0.0453. The molecular formula is C25H19N3O7. The summed E-state index contributed by atoms with van der Waals surface area (Å²) in [7, 11) is 0. The van der Waals surface area contributed by atoms with Crippen molar-refractivity contribution >= 4 is 35.1 Å². The third-order valence-electron chi connectivity index (χ3n) is 5.39. The Kier molecular flexibility index (Phi) is 6.36. The van der Waals surface area contributed by atoms with Gasteiger partial charge in [0.1, 0.15) is 0 Å². The molecular weight excluding hydrogens is 454 g/mol. The summed E-state index contributed by atoms with van der Waals surface area (Å²) in [6.45, 7) is 1.42. The van der Waals surface area contributed by atoms with Crippen molar-refractivity contribution in [1.29, 1.82) is 0 Å². The van der Waals surface area contributed by atoms with E-state index in [4.69, 9.17) is 4.74 Å². The molecule has 10 heteroatoms. The highest BCUT2D eigenvalue weighted by Crippen LogP contribution is 2.24. The first-order chi connectivity index (χ1) is 16.7. The van der Waals surface area contributed by atoms with Crippen LogP contribution in [0.15, 0.2) is 72.8 Å². The number of nitro benzene ring substituents is 1. The number of benzene rings is 3. The van der Waals surface area contributed by atoms with E-state index in [0.29, 0.717) is 16.7 Å². The van der Waals surface area contributed by atoms with Crippen LogP contribution in [0.3, 0.4) is 0 Å². The van der Waals surface area contributed by atoms with Crippen molar-refractivity contribution in [2.24, 2.45) is 0 Å². The van der Waals surface area contributed by atoms with Crippen LogP contribution in [0.5, 0.6) is 0 Å². The predicted molar refractivity (Wildman–Crippen MR) is 124 cm³/mol. The van der Waals surface area contributed by atoms with Gasteiger partial charge in [-0.2, -0.15) is 0 Å². The van der Waals surface area contributed by atoms with Gasteiger partial charge in [-0.25, -0.2) is 4.79 Å². The number of ether oxygens (including phenoxy) is 1. The van der Waals surface area contributed by atoms with E-state index in [-0.39, 0.29) is 35.3 Å². The van der Waals surface area contributed by atoms with Gasteiger partial charge in [0.25, 0.3) is 23.4 Å². The Balaban J connectivity index is 1.35. The molecule has 3 aromatic carbocycles. The Morgan fingerprint density at radius 2 is 1.60 bits per heavy atom. The van der Waals surface area contributed by atoms with Crippen LogP contribution in [0.4, 0.5) is 11.4 Å². The monoisotopic (exact) mass is 473 g/mol. The average Bonchev–Trinajstić information content (AvgIpc) is 3.09. The number of amides is 3. The Morgan fingerprint density at radius 3 is 2.20 bits per heavy atom. The van der Waals surface area contributed by atoms with E-state index >= 15 is 0 Å². The lowest BCUT2D eigenvalue weighted by molar-refractivity contribution is -0.384. The molecule has 1 atom stereocenters. The van der Waals surface area contributed by atoms with Crippen molar-refractivity contribution in [2.45, 2.75) is 19.6 Å². The van der Waals surface area contributed by atoms with Gasteiger partial charge >= 0.3 is 5.97 Å². The molecule has 0 aliphatic carbocycles. The van der Waals surface area contributed by atoms with Gasteiger partial charge in [-0.1, -0.05) is 30.3 Å². The number of non-ortho nitro benzene ring substituents is 1. The Hall–Kier alpha value is -4.86. The van der Waals surface area contributed by atoms with E-state index in [1.165, 1.54) is 43.3 Å². The molecule has 10 nitrogen and oxygen atoms in total. The minimum Gasteiger partial charge on any atom is -0.449 e. The lowest BCUT2D eigenvalue weighted by atomic mass is 10.1.